The fourth-order valence-electron chi connectivity index (χ4n) is 5.89. The van der Waals surface area contributed by atoms with Crippen LogP contribution in [0.25, 0.3) is 11.1 Å². The predicted octanol–water partition coefficient (Wildman–Crippen LogP) is 5.96. The molecule has 1 unspecified atom stereocenters. The molecule has 11 heteroatoms. The van der Waals surface area contributed by atoms with Crippen LogP contribution in [0.15, 0.2) is 60.8 Å². The van der Waals surface area contributed by atoms with Crippen LogP contribution < -0.4 is 15.0 Å². The number of hydrogen-bond donors (Lipinski definition) is 1. The van der Waals surface area contributed by atoms with Gasteiger partial charge in [0.15, 0.2) is 0 Å². The molecule has 5 rings (SSSR count). The molecule has 1 amide bonds. The van der Waals surface area contributed by atoms with E-state index in [0.29, 0.717) is 50.7 Å². The van der Waals surface area contributed by atoms with Crippen molar-refractivity contribution in [3.05, 3.63) is 77.5 Å². The summed E-state index contributed by atoms with van der Waals surface area (Å²) in [5.74, 6) is 0.536. The van der Waals surface area contributed by atoms with Crippen LogP contribution >= 0.6 is 0 Å². The third-order valence-corrected chi connectivity index (χ3v) is 8.17. The molecule has 2 aliphatic rings. The van der Waals surface area contributed by atoms with Crippen molar-refractivity contribution in [3.8, 4) is 23.1 Å². The quantitative estimate of drug-likeness (QED) is 0.361. The first-order chi connectivity index (χ1) is 20.6. The Bertz CT molecular complexity index is 1480. The molecule has 2 saturated heterocycles. The number of halogens is 3. The fourth-order valence-corrected chi connectivity index (χ4v) is 5.89. The van der Waals surface area contributed by atoms with E-state index in [0.717, 1.165) is 41.8 Å². The molecule has 43 heavy (non-hydrogen) atoms. The number of piperidine rings is 1. The minimum absolute atomic E-state index is 0.0361. The van der Waals surface area contributed by atoms with Crippen molar-refractivity contribution in [1.29, 1.82) is 5.26 Å². The first-order valence-electron chi connectivity index (χ1n) is 14.3. The fraction of sp³-hybridized carbons (Fsp3) is 0.406. The molecular weight excluding hydrogens is 559 g/mol. The standard InChI is InChI=1S/C32H34F3N5O3/c1-3-42-29-27(5-4-15-37-29)22-6-8-24(9-7-22)31(38-30(41)43-26-12-16-39(2)21-26)13-17-40(18-14-31)28-11-10-25(32(33,34)35)19-23(28)20-36/h4-11,15,19,26H,3,12-14,16-18,21H2,1-2H3,(H,38,41). The molecule has 2 aliphatic heterocycles. The van der Waals surface area contributed by atoms with Crippen molar-refractivity contribution in [3.63, 3.8) is 0 Å². The molecule has 8 nitrogen and oxygen atoms in total. The van der Waals surface area contributed by atoms with E-state index in [4.69, 9.17) is 9.47 Å². The number of likely N-dealkylation sites (N-methyl/N-ethyl adjacent to an activating group) is 1. The number of nitrogens with one attached hydrogen (secondary N) is 1. The Kier molecular flexibility index (Phi) is 8.78. The topological polar surface area (TPSA) is 90.7 Å². The number of carbonyl (C=O) groups excluding carboxylic acids is 1. The summed E-state index contributed by atoms with van der Waals surface area (Å²) in [6.45, 7) is 4.72. The smallest absolute Gasteiger partial charge is 0.416 e. The van der Waals surface area contributed by atoms with Crippen LogP contribution in [0.2, 0.25) is 0 Å². The van der Waals surface area contributed by atoms with E-state index < -0.39 is 23.4 Å². The van der Waals surface area contributed by atoms with Crippen LogP contribution in [0.5, 0.6) is 5.88 Å². The zero-order chi connectivity index (χ0) is 30.6. The van der Waals surface area contributed by atoms with Crippen LogP contribution in [0.3, 0.4) is 0 Å². The van der Waals surface area contributed by atoms with Gasteiger partial charge in [-0.05, 0) is 74.7 Å². The number of benzene rings is 2. The Morgan fingerprint density at radius 1 is 1.14 bits per heavy atom. The van der Waals surface area contributed by atoms with Gasteiger partial charge in [0.2, 0.25) is 5.88 Å². The van der Waals surface area contributed by atoms with Crippen LogP contribution in [0.1, 0.15) is 42.9 Å². The SMILES string of the molecule is CCOc1ncccc1-c1ccc(C2(NC(=O)OC3CCN(C)C3)CCN(c3ccc(C(F)(F)F)cc3C#N)CC2)cc1. The lowest BCUT2D eigenvalue weighted by atomic mass is 9.80. The maximum absolute atomic E-state index is 13.3. The van der Waals surface area contributed by atoms with Crippen molar-refractivity contribution < 1.29 is 27.4 Å². The lowest BCUT2D eigenvalue weighted by Crippen LogP contribution is -2.54. The lowest BCUT2D eigenvalue weighted by molar-refractivity contribution is -0.137. The minimum Gasteiger partial charge on any atom is -0.478 e. The van der Waals surface area contributed by atoms with E-state index in [1.54, 1.807) is 6.20 Å². The second-order valence-corrected chi connectivity index (χ2v) is 11.0. The Morgan fingerprint density at radius 2 is 1.88 bits per heavy atom. The molecule has 0 saturated carbocycles. The molecule has 0 aliphatic carbocycles. The summed E-state index contributed by atoms with van der Waals surface area (Å²) in [7, 11) is 1.98. The number of likely N-dealkylation sites (tertiary alicyclic amines) is 1. The molecule has 1 atom stereocenters. The first kappa shape index (κ1) is 30.2. The summed E-state index contributed by atoms with van der Waals surface area (Å²) in [5.41, 5.74) is 1.40. The maximum Gasteiger partial charge on any atom is 0.416 e. The molecule has 0 radical (unpaired) electrons. The van der Waals surface area contributed by atoms with Gasteiger partial charge >= 0.3 is 12.3 Å². The Labute approximate surface area is 249 Å². The van der Waals surface area contributed by atoms with Crippen molar-refractivity contribution >= 4 is 11.8 Å². The van der Waals surface area contributed by atoms with E-state index in [-0.39, 0.29) is 11.7 Å². The van der Waals surface area contributed by atoms with Gasteiger partial charge in [-0.25, -0.2) is 9.78 Å². The number of pyridine rings is 1. The highest BCUT2D eigenvalue weighted by atomic mass is 19.4. The summed E-state index contributed by atoms with van der Waals surface area (Å²) >= 11 is 0. The normalized spacial score (nSPS) is 18.6. The molecule has 2 aromatic carbocycles. The number of amides is 1. The van der Waals surface area contributed by atoms with Gasteiger partial charge in [-0.1, -0.05) is 24.3 Å². The highest BCUT2D eigenvalue weighted by Crippen LogP contribution is 2.39. The average molecular weight is 594 g/mol. The van der Waals surface area contributed by atoms with Gasteiger partial charge in [0, 0.05) is 37.9 Å². The number of rotatable bonds is 7. The molecule has 226 valence electrons. The highest BCUT2D eigenvalue weighted by Gasteiger charge is 2.40. The second kappa shape index (κ2) is 12.5. The van der Waals surface area contributed by atoms with E-state index in [2.05, 4.69) is 15.2 Å². The van der Waals surface area contributed by atoms with Gasteiger partial charge in [-0.3, -0.25) is 0 Å². The molecule has 2 fully saturated rings. The molecule has 3 heterocycles. The highest BCUT2D eigenvalue weighted by molar-refractivity contribution is 5.71. The van der Waals surface area contributed by atoms with Gasteiger partial charge in [0.25, 0.3) is 0 Å². The largest absolute Gasteiger partial charge is 0.478 e. The van der Waals surface area contributed by atoms with Crippen LogP contribution in [-0.4, -0.2) is 61.9 Å². The van der Waals surface area contributed by atoms with E-state index in [1.807, 2.05) is 61.3 Å². The number of alkyl halides is 3. The first-order valence-corrected chi connectivity index (χ1v) is 14.3. The van der Waals surface area contributed by atoms with Crippen molar-refractivity contribution in [2.24, 2.45) is 0 Å². The summed E-state index contributed by atoms with van der Waals surface area (Å²) in [6, 6.07) is 16.8. The molecule has 0 bridgehead atoms. The number of aromatic nitrogens is 1. The number of hydrogen-bond acceptors (Lipinski definition) is 7. The molecular formula is C32H34F3N5O3. The Balaban J connectivity index is 1.41. The number of nitrogens with zero attached hydrogens (tertiary/aromatic N) is 4. The summed E-state index contributed by atoms with van der Waals surface area (Å²) in [6.07, 6.45) is -1.89. The van der Waals surface area contributed by atoms with Crippen LogP contribution in [-0.2, 0) is 16.5 Å². The van der Waals surface area contributed by atoms with Gasteiger partial charge in [-0.15, -0.1) is 0 Å². The van der Waals surface area contributed by atoms with E-state index in [9.17, 15) is 23.2 Å². The van der Waals surface area contributed by atoms with Crippen LogP contribution in [0.4, 0.5) is 23.7 Å². The maximum atomic E-state index is 13.3. The molecule has 0 spiro atoms. The van der Waals surface area contributed by atoms with E-state index >= 15 is 0 Å². The summed E-state index contributed by atoms with van der Waals surface area (Å²) in [5, 5.41) is 12.8. The molecule has 1 N–H and O–H groups in total. The predicted molar refractivity (Wildman–Crippen MR) is 156 cm³/mol. The van der Waals surface area contributed by atoms with Crippen molar-refractivity contribution in [2.75, 3.05) is 44.7 Å². The van der Waals surface area contributed by atoms with Crippen LogP contribution in [0, 0.1) is 11.3 Å². The van der Waals surface area contributed by atoms with E-state index in [1.165, 1.54) is 6.07 Å². The Hall–Kier alpha value is -4.30. The monoisotopic (exact) mass is 593 g/mol. The lowest BCUT2D eigenvalue weighted by Gasteiger charge is -2.43. The number of carbonyl (C=O) groups is 1. The zero-order valence-electron chi connectivity index (χ0n) is 24.2. The van der Waals surface area contributed by atoms with Crippen molar-refractivity contribution in [1.82, 2.24) is 15.2 Å². The minimum atomic E-state index is -4.54. The van der Waals surface area contributed by atoms with Crippen molar-refractivity contribution in [2.45, 2.75) is 44.0 Å². The third kappa shape index (κ3) is 6.70. The summed E-state index contributed by atoms with van der Waals surface area (Å²) < 4.78 is 51.3. The van der Waals surface area contributed by atoms with Gasteiger partial charge < -0.3 is 24.6 Å². The number of ether oxygens (including phenoxy) is 2. The Morgan fingerprint density at radius 3 is 2.51 bits per heavy atom. The second-order valence-electron chi connectivity index (χ2n) is 11.0. The summed E-state index contributed by atoms with van der Waals surface area (Å²) in [4.78, 5) is 21.6. The number of alkyl carbamates (subject to hydrolysis) is 1. The molecule has 3 aromatic rings. The third-order valence-electron chi connectivity index (χ3n) is 8.17. The average Bonchev–Trinajstić information content (AvgIpc) is 3.41. The van der Waals surface area contributed by atoms with Gasteiger partial charge in [0.05, 0.1) is 29.0 Å². The number of anilines is 1. The van der Waals surface area contributed by atoms with Gasteiger partial charge in [0.1, 0.15) is 12.2 Å². The number of nitriles is 1. The molecule has 1 aromatic heterocycles. The van der Waals surface area contributed by atoms with Gasteiger partial charge in [-0.2, -0.15) is 18.4 Å². The zero-order valence-corrected chi connectivity index (χ0v) is 24.2.